The summed E-state index contributed by atoms with van der Waals surface area (Å²) in [5.74, 6) is -0.481. The number of hydrogen-bond donors (Lipinski definition) is 3. The Hall–Kier alpha value is -2.81. The monoisotopic (exact) mass is 228 g/mol. The number of para-hydroxylation sites is 1. The van der Waals surface area contributed by atoms with E-state index in [-0.39, 0.29) is 11.3 Å². The first kappa shape index (κ1) is 10.7. The number of benzene rings is 1. The SMILES string of the molecule is N#Cc1ccccc1NC(=O)c1cc(=O)[nH][nH]1. The summed E-state index contributed by atoms with van der Waals surface area (Å²) in [5.41, 5.74) is 0.493. The first-order valence-electron chi connectivity index (χ1n) is 4.79. The fourth-order valence-corrected chi connectivity index (χ4v) is 1.33. The molecule has 0 unspecified atom stereocenters. The third-order valence-electron chi connectivity index (χ3n) is 2.14. The van der Waals surface area contributed by atoms with E-state index in [4.69, 9.17) is 5.26 Å². The van der Waals surface area contributed by atoms with Crippen LogP contribution in [0.25, 0.3) is 0 Å². The molecule has 0 aliphatic carbocycles. The molecule has 2 aromatic rings. The second kappa shape index (κ2) is 4.37. The summed E-state index contributed by atoms with van der Waals surface area (Å²) >= 11 is 0. The van der Waals surface area contributed by atoms with Gasteiger partial charge in [-0.15, -0.1) is 0 Å². The molecule has 1 aromatic carbocycles. The molecular formula is C11H8N4O2. The topological polar surface area (TPSA) is 102 Å². The summed E-state index contributed by atoms with van der Waals surface area (Å²) in [4.78, 5) is 22.5. The van der Waals surface area contributed by atoms with Crippen LogP contribution in [0.5, 0.6) is 0 Å². The molecule has 1 heterocycles. The van der Waals surface area contributed by atoms with Gasteiger partial charge in [-0.1, -0.05) is 12.1 Å². The second-order valence-corrected chi connectivity index (χ2v) is 3.28. The third kappa shape index (κ3) is 2.23. The third-order valence-corrected chi connectivity index (χ3v) is 2.14. The molecule has 0 fully saturated rings. The zero-order valence-corrected chi connectivity index (χ0v) is 8.65. The highest BCUT2D eigenvalue weighted by Gasteiger charge is 2.10. The molecule has 6 heteroatoms. The number of anilines is 1. The normalized spacial score (nSPS) is 9.59. The molecule has 0 saturated carbocycles. The van der Waals surface area contributed by atoms with Crippen LogP contribution in [-0.4, -0.2) is 16.1 Å². The number of nitrogens with zero attached hydrogens (tertiary/aromatic N) is 1. The number of rotatable bonds is 2. The van der Waals surface area contributed by atoms with E-state index in [1.165, 1.54) is 0 Å². The molecule has 0 aliphatic rings. The van der Waals surface area contributed by atoms with Crippen LogP contribution in [0.3, 0.4) is 0 Å². The van der Waals surface area contributed by atoms with Gasteiger partial charge in [0.25, 0.3) is 11.5 Å². The average Bonchev–Trinajstić information content (AvgIpc) is 2.77. The number of nitrogens with one attached hydrogen (secondary N) is 3. The lowest BCUT2D eigenvalue weighted by atomic mass is 10.2. The van der Waals surface area contributed by atoms with E-state index in [0.717, 1.165) is 6.07 Å². The molecule has 0 aliphatic heterocycles. The van der Waals surface area contributed by atoms with Gasteiger partial charge in [-0.05, 0) is 12.1 Å². The quantitative estimate of drug-likeness (QED) is 0.709. The Bertz CT molecular complexity index is 648. The molecule has 0 radical (unpaired) electrons. The van der Waals surface area contributed by atoms with Gasteiger partial charge in [0.15, 0.2) is 0 Å². The number of H-pyrrole nitrogens is 2. The molecule has 0 bridgehead atoms. The van der Waals surface area contributed by atoms with Crippen LogP contribution in [0.15, 0.2) is 35.1 Å². The van der Waals surface area contributed by atoms with Gasteiger partial charge < -0.3 is 5.32 Å². The number of amides is 1. The van der Waals surface area contributed by atoms with Crippen molar-refractivity contribution < 1.29 is 4.79 Å². The number of carbonyl (C=O) groups is 1. The van der Waals surface area contributed by atoms with Gasteiger partial charge in [0.2, 0.25) is 0 Å². The maximum atomic E-state index is 11.7. The molecule has 1 amide bonds. The molecule has 1 aromatic heterocycles. The lowest BCUT2D eigenvalue weighted by molar-refractivity contribution is 0.102. The second-order valence-electron chi connectivity index (χ2n) is 3.28. The van der Waals surface area contributed by atoms with Gasteiger partial charge >= 0.3 is 0 Å². The summed E-state index contributed by atoms with van der Waals surface area (Å²) in [7, 11) is 0. The van der Waals surface area contributed by atoms with Crippen molar-refractivity contribution in [3.8, 4) is 6.07 Å². The molecule has 2 rings (SSSR count). The van der Waals surface area contributed by atoms with Crippen LogP contribution >= 0.6 is 0 Å². The maximum Gasteiger partial charge on any atom is 0.273 e. The van der Waals surface area contributed by atoms with Crippen molar-refractivity contribution >= 4 is 11.6 Å². The minimum atomic E-state index is -0.481. The number of hydrogen-bond acceptors (Lipinski definition) is 3. The van der Waals surface area contributed by atoms with E-state index < -0.39 is 5.91 Å². The number of nitriles is 1. The van der Waals surface area contributed by atoms with Crippen LogP contribution in [-0.2, 0) is 0 Å². The number of aromatic amines is 2. The summed E-state index contributed by atoms with van der Waals surface area (Å²) in [6.07, 6.45) is 0. The molecule has 84 valence electrons. The van der Waals surface area contributed by atoms with Gasteiger partial charge in [-0.25, -0.2) is 0 Å². The van der Waals surface area contributed by atoms with Crippen molar-refractivity contribution in [3.05, 3.63) is 51.9 Å². The van der Waals surface area contributed by atoms with Crippen LogP contribution < -0.4 is 10.9 Å². The Morgan fingerprint density at radius 3 is 2.71 bits per heavy atom. The molecule has 0 spiro atoms. The molecule has 6 nitrogen and oxygen atoms in total. The van der Waals surface area contributed by atoms with E-state index in [1.807, 2.05) is 6.07 Å². The highest BCUT2D eigenvalue weighted by atomic mass is 16.2. The lowest BCUT2D eigenvalue weighted by Crippen LogP contribution is -2.13. The van der Waals surface area contributed by atoms with Gasteiger partial charge in [0.1, 0.15) is 11.8 Å². The Morgan fingerprint density at radius 1 is 1.29 bits per heavy atom. The number of carbonyl (C=O) groups excluding carboxylic acids is 1. The lowest BCUT2D eigenvalue weighted by Gasteiger charge is -2.04. The summed E-state index contributed by atoms with van der Waals surface area (Å²) in [5, 5.41) is 16.1. The first-order chi connectivity index (χ1) is 8.20. The molecule has 3 N–H and O–H groups in total. The van der Waals surface area contributed by atoms with E-state index in [0.29, 0.717) is 11.3 Å². The number of aromatic nitrogens is 2. The van der Waals surface area contributed by atoms with Crippen molar-refractivity contribution in [2.24, 2.45) is 0 Å². The highest BCUT2D eigenvalue weighted by Crippen LogP contribution is 2.13. The van der Waals surface area contributed by atoms with E-state index >= 15 is 0 Å². The molecule has 0 saturated heterocycles. The predicted molar refractivity (Wildman–Crippen MR) is 60.5 cm³/mol. The van der Waals surface area contributed by atoms with Crippen molar-refractivity contribution in [3.63, 3.8) is 0 Å². The van der Waals surface area contributed by atoms with E-state index in [2.05, 4.69) is 15.5 Å². The van der Waals surface area contributed by atoms with Gasteiger partial charge in [0, 0.05) is 6.07 Å². The van der Waals surface area contributed by atoms with Gasteiger partial charge in [-0.3, -0.25) is 19.8 Å². The van der Waals surface area contributed by atoms with Crippen molar-refractivity contribution in [2.75, 3.05) is 5.32 Å². The molecular weight excluding hydrogens is 220 g/mol. The van der Waals surface area contributed by atoms with Crippen LogP contribution in [0.1, 0.15) is 16.1 Å². The molecule has 0 atom stereocenters. The Balaban J connectivity index is 2.25. The van der Waals surface area contributed by atoms with Crippen LogP contribution in [0, 0.1) is 11.3 Å². The molecule has 17 heavy (non-hydrogen) atoms. The van der Waals surface area contributed by atoms with Gasteiger partial charge in [-0.2, -0.15) is 5.26 Å². The van der Waals surface area contributed by atoms with E-state index in [1.54, 1.807) is 24.3 Å². The maximum absolute atomic E-state index is 11.7. The summed E-state index contributed by atoms with van der Waals surface area (Å²) < 4.78 is 0. The largest absolute Gasteiger partial charge is 0.319 e. The Morgan fingerprint density at radius 2 is 2.06 bits per heavy atom. The Labute approximate surface area is 95.9 Å². The zero-order chi connectivity index (χ0) is 12.3. The van der Waals surface area contributed by atoms with Gasteiger partial charge in [0.05, 0.1) is 11.3 Å². The highest BCUT2D eigenvalue weighted by molar-refractivity contribution is 6.03. The van der Waals surface area contributed by atoms with Crippen molar-refractivity contribution in [1.29, 1.82) is 5.26 Å². The fourth-order valence-electron chi connectivity index (χ4n) is 1.33. The van der Waals surface area contributed by atoms with Crippen molar-refractivity contribution in [2.45, 2.75) is 0 Å². The predicted octanol–water partition coefficient (Wildman–Crippen LogP) is 0.827. The standard InChI is InChI=1S/C11H8N4O2/c12-6-7-3-1-2-4-8(7)13-11(17)9-5-10(16)15-14-9/h1-5H,(H,13,17)(H2,14,15,16). The minimum absolute atomic E-state index is 0.114. The van der Waals surface area contributed by atoms with Crippen LogP contribution in [0.2, 0.25) is 0 Å². The summed E-state index contributed by atoms with van der Waals surface area (Å²) in [6, 6.07) is 9.72. The fraction of sp³-hybridized carbons (Fsp3) is 0. The summed E-state index contributed by atoms with van der Waals surface area (Å²) in [6.45, 7) is 0. The van der Waals surface area contributed by atoms with Crippen molar-refractivity contribution in [1.82, 2.24) is 10.2 Å². The van der Waals surface area contributed by atoms with E-state index in [9.17, 15) is 9.59 Å². The Kier molecular flexibility index (Phi) is 2.75. The zero-order valence-electron chi connectivity index (χ0n) is 8.65. The average molecular weight is 228 g/mol. The first-order valence-corrected chi connectivity index (χ1v) is 4.79. The minimum Gasteiger partial charge on any atom is -0.319 e. The van der Waals surface area contributed by atoms with Crippen LogP contribution in [0.4, 0.5) is 5.69 Å². The smallest absolute Gasteiger partial charge is 0.273 e.